The minimum Gasteiger partial charge on any atom is -0.493 e. The third-order valence-corrected chi connectivity index (χ3v) is 5.58. The number of carbonyl (C=O) groups is 3. The van der Waals surface area contributed by atoms with Crippen molar-refractivity contribution in [3.05, 3.63) is 29.8 Å². The Morgan fingerprint density at radius 1 is 1.06 bits per heavy atom. The van der Waals surface area contributed by atoms with Gasteiger partial charge >= 0.3 is 11.9 Å². The number of amides is 1. The average Bonchev–Trinajstić information content (AvgIpc) is 2.83. The second-order valence-electron chi connectivity index (χ2n) is 8.93. The van der Waals surface area contributed by atoms with Gasteiger partial charge in [-0.15, -0.1) is 0 Å². The Kier molecular flexibility index (Phi) is 13.5. The van der Waals surface area contributed by atoms with E-state index in [1.807, 2.05) is 38.4 Å². The molecule has 2 unspecified atom stereocenters. The molecule has 11 heteroatoms. The lowest BCUT2D eigenvalue weighted by atomic mass is 9.87. The molecule has 1 amide bonds. The van der Waals surface area contributed by atoms with E-state index in [1.165, 1.54) is 12.8 Å². The van der Waals surface area contributed by atoms with Gasteiger partial charge in [-0.1, -0.05) is 13.0 Å². The van der Waals surface area contributed by atoms with Crippen LogP contribution in [0.25, 0.3) is 6.08 Å². The highest BCUT2D eigenvalue weighted by Gasteiger charge is 2.29. The second-order valence-corrected chi connectivity index (χ2v) is 8.93. The van der Waals surface area contributed by atoms with Crippen LogP contribution in [0.3, 0.4) is 0 Å². The van der Waals surface area contributed by atoms with Gasteiger partial charge in [0.05, 0.1) is 7.11 Å². The summed E-state index contributed by atoms with van der Waals surface area (Å²) >= 11 is 0. The van der Waals surface area contributed by atoms with Gasteiger partial charge in [-0.25, -0.2) is 9.59 Å². The normalized spacial score (nSPS) is 19.1. The first-order chi connectivity index (χ1) is 16.9. The maximum atomic E-state index is 12.1. The number of likely N-dealkylation sites (N-methyl/N-ethyl adjacent to an activating group) is 1. The van der Waals surface area contributed by atoms with Crippen molar-refractivity contribution in [1.82, 2.24) is 10.2 Å². The lowest BCUT2D eigenvalue weighted by Crippen LogP contribution is -2.39. The van der Waals surface area contributed by atoms with Crippen LogP contribution in [0.2, 0.25) is 0 Å². The zero-order valence-electron chi connectivity index (χ0n) is 21.2. The van der Waals surface area contributed by atoms with E-state index >= 15 is 0 Å². The monoisotopic (exact) mass is 510 g/mol. The van der Waals surface area contributed by atoms with E-state index in [0.29, 0.717) is 24.1 Å². The molecule has 2 rings (SSSR count). The topological polar surface area (TPSA) is 166 Å². The number of hydrogen-bond donors (Lipinski definition) is 5. The smallest absolute Gasteiger partial charge is 0.335 e. The van der Waals surface area contributed by atoms with E-state index in [4.69, 9.17) is 29.9 Å². The Labute approximate surface area is 211 Å². The zero-order valence-corrected chi connectivity index (χ0v) is 21.2. The number of aliphatic hydroxyl groups excluding tert-OH is 2. The summed E-state index contributed by atoms with van der Waals surface area (Å²) < 4.78 is 11.2. The number of carbonyl (C=O) groups excluding carboxylic acids is 1. The van der Waals surface area contributed by atoms with E-state index in [9.17, 15) is 14.4 Å². The molecule has 0 aromatic heterocycles. The number of aliphatic carboxylic acids is 2. The minimum absolute atomic E-state index is 0.0326. The molecule has 1 aromatic carbocycles. The summed E-state index contributed by atoms with van der Waals surface area (Å²) in [5, 5.41) is 35.6. The number of carboxylic acid groups (broad SMARTS) is 2. The van der Waals surface area contributed by atoms with Gasteiger partial charge < -0.3 is 40.1 Å². The molecule has 1 saturated carbocycles. The van der Waals surface area contributed by atoms with Gasteiger partial charge in [0, 0.05) is 18.7 Å². The fraction of sp³-hybridized carbons (Fsp3) is 0.560. The van der Waals surface area contributed by atoms with Gasteiger partial charge in [-0.05, 0) is 69.5 Å². The number of benzene rings is 1. The van der Waals surface area contributed by atoms with Crippen LogP contribution < -0.4 is 14.8 Å². The van der Waals surface area contributed by atoms with E-state index in [1.54, 1.807) is 13.2 Å². The van der Waals surface area contributed by atoms with Gasteiger partial charge in [0.25, 0.3) is 0 Å². The van der Waals surface area contributed by atoms with E-state index in [-0.39, 0.29) is 5.91 Å². The average molecular weight is 511 g/mol. The van der Waals surface area contributed by atoms with Crippen LogP contribution in [0.1, 0.15) is 38.2 Å². The maximum Gasteiger partial charge on any atom is 0.335 e. The van der Waals surface area contributed by atoms with Crippen LogP contribution in [0, 0.1) is 5.92 Å². The van der Waals surface area contributed by atoms with Crippen molar-refractivity contribution in [3.8, 4) is 11.5 Å². The van der Waals surface area contributed by atoms with Crippen LogP contribution in [0.15, 0.2) is 24.3 Å². The zero-order chi connectivity index (χ0) is 27.3. The third kappa shape index (κ3) is 11.5. The third-order valence-electron chi connectivity index (χ3n) is 5.58. The van der Waals surface area contributed by atoms with Gasteiger partial charge in [0.15, 0.2) is 23.7 Å². The van der Waals surface area contributed by atoms with Gasteiger partial charge in [-0.2, -0.15) is 0 Å². The molecule has 0 bridgehead atoms. The number of methoxy groups -OCH3 is 1. The predicted octanol–water partition coefficient (Wildman–Crippen LogP) is 1.22. The van der Waals surface area contributed by atoms with Gasteiger partial charge in [0.1, 0.15) is 6.61 Å². The lowest BCUT2D eigenvalue weighted by molar-refractivity contribution is -0.165. The van der Waals surface area contributed by atoms with Crippen LogP contribution in [0.4, 0.5) is 0 Å². The summed E-state index contributed by atoms with van der Waals surface area (Å²) in [7, 11) is 5.64. The van der Waals surface area contributed by atoms with Crippen LogP contribution in [-0.4, -0.2) is 95.8 Å². The Balaban J connectivity index is 0.000000548. The van der Waals surface area contributed by atoms with Crippen molar-refractivity contribution < 1.29 is 44.3 Å². The van der Waals surface area contributed by atoms with Crippen LogP contribution in [-0.2, 0) is 14.4 Å². The summed E-state index contributed by atoms with van der Waals surface area (Å²) in [6.07, 6.45) is 3.42. The van der Waals surface area contributed by atoms with Crippen LogP contribution in [0.5, 0.6) is 11.5 Å². The molecule has 2 atom stereocenters. The summed E-state index contributed by atoms with van der Waals surface area (Å²) in [6.45, 7) is 3.71. The number of rotatable bonds is 11. The Bertz CT molecular complexity index is 862. The van der Waals surface area contributed by atoms with Gasteiger partial charge in [0.2, 0.25) is 5.91 Å². The fourth-order valence-corrected chi connectivity index (χ4v) is 3.34. The molecule has 202 valence electrons. The first-order valence-electron chi connectivity index (χ1n) is 11.7. The van der Waals surface area contributed by atoms with E-state index in [2.05, 4.69) is 17.1 Å². The molecule has 5 N–H and O–H groups in total. The number of ether oxygens (including phenoxy) is 2. The Hall–Kier alpha value is -3.15. The molecule has 0 aliphatic heterocycles. The number of nitrogens with zero attached hydrogens (tertiary/aromatic N) is 1. The van der Waals surface area contributed by atoms with Crippen molar-refractivity contribution in [2.24, 2.45) is 5.92 Å². The van der Waals surface area contributed by atoms with Crippen molar-refractivity contribution in [2.75, 3.05) is 34.4 Å². The van der Waals surface area contributed by atoms with E-state index < -0.39 is 24.1 Å². The standard InChI is InChI=1S/C21H32N2O3.C4H6O6/c1-16-5-9-18(10-6-16)22-21(24)12-8-17-7-11-19(20(15-17)25-4)26-14-13-23(2)3;5-1(3(7)8)2(6)4(9)10/h7-8,11-12,15-16,18H,5-6,9-10,13-14H2,1-4H3,(H,22,24);1-2,5-6H,(H,7,8)(H,9,10)/t16-,18-;. The van der Waals surface area contributed by atoms with Crippen molar-refractivity contribution in [2.45, 2.75) is 50.9 Å². The maximum absolute atomic E-state index is 12.1. The van der Waals surface area contributed by atoms with Crippen molar-refractivity contribution in [3.63, 3.8) is 0 Å². The molecule has 1 aliphatic rings. The molecule has 1 aromatic rings. The number of nitrogens with one attached hydrogen (secondary N) is 1. The number of carboxylic acids is 2. The van der Waals surface area contributed by atoms with E-state index in [0.717, 1.165) is 30.9 Å². The molecule has 0 heterocycles. The lowest BCUT2D eigenvalue weighted by Gasteiger charge is -2.26. The largest absolute Gasteiger partial charge is 0.493 e. The number of aliphatic hydroxyl groups is 2. The van der Waals surface area contributed by atoms with Crippen molar-refractivity contribution >= 4 is 23.9 Å². The second kappa shape index (κ2) is 15.8. The molecule has 1 aliphatic carbocycles. The first-order valence-corrected chi connectivity index (χ1v) is 11.7. The molecule has 0 radical (unpaired) electrons. The Morgan fingerprint density at radius 2 is 1.64 bits per heavy atom. The summed E-state index contributed by atoms with van der Waals surface area (Å²) in [6, 6.07) is 6.01. The number of hydrogen-bond acceptors (Lipinski definition) is 8. The molecule has 36 heavy (non-hydrogen) atoms. The SMILES string of the molecule is COc1cc(C=CC(=O)N[C@H]2CC[C@H](C)CC2)ccc1OCCN(C)C.O=C(O)C(O)C(O)C(=O)O. The molecular weight excluding hydrogens is 472 g/mol. The van der Waals surface area contributed by atoms with Crippen LogP contribution >= 0.6 is 0 Å². The summed E-state index contributed by atoms with van der Waals surface area (Å²) in [5.41, 5.74) is 0.911. The molecule has 0 saturated heterocycles. The highest BCUT2D eigenvalue weighted by atomic mass is 16.5. The first kappa shape index (κ1) is 30.9. The minimum atomic E-state index is -2.27. The quantitative estimate of drug-likeness (QED) is 0.273. The highest BCUT2D eigenvalue weighted by Crippen LogP contribution is 2.28. The van der Waals surface area contributed by atoms with Gasteiger partial charge in [-0.3, -0.25) is 4.79 Å². The molecular formula is C25H38N2O9. The molecule has 11 nitrogen and oxygen atoms in total. The predicted molar refractivity (Wildman–Crippen MR) is 133 cm³/mol. The molecule has 0 spiro atoms. The molecule has 1 fully saturated rings. The summed E-state index contributed by atoms with van der Waals surface area (Å²) in [5.74, 6) is -1.40. The highest BCUT2D eigenvalue weighted by molar-refractivity contribution is 5.92. The Morgan fingerprint density at radius 3 is 2.14 bits per heavy atom. The van der Waals surface area contributed by atoms with Crippen molar-refractivity contribution in [1.29, 1.82) is 0 Å². The fourth-order valence-electron chi connectivity index (χ4n) is 3.34. The summed E-state index contributed by atoms with van der Waals surface area (Å²) in [4.78, 5) is 33.7.